The number of aromatic nitrogens is 2. The van der Waals surface area contributed by atoms with E-state index in [1.807, 2.05) is 0 Å². The summed E-state index contributed by atoms with van der Waals surface area (Å²) in [6.07, 6.45) is 4.71. The quantitative estimate of drug-likeness (QED) is 0.730. The smallest absolute Gasteiger partial charge is 0.0768 e. The molecule has 2 aliphatic rings. The zero-order chi connectivity index (χ0) is 18.7. The van der Waals surface area contributed by atoms with Crippen LogP contribution in [0.25, 0.3) is 0 Å². The van der Waals surface area contributed by atoms with Gasteiger partial charge >= 0.3 is 0 Å². The fraction of sp³-hybridized carbons (Fsp3) is 0.762. The number of nitrogens with zero attached hydrogens (tertiary/aromatic N) is 5. The van der Waals surface area contributed by atoms with Gasteiger partial charge in [0.2, 0.25) is 0 Å². The zero-order valence-electron chi connectivity index (χ0n) is 17.5. The van der Waals surface area contributed by atoms with Crippen LogP contribution in [0.15, 0.2) is 17.7 Å². The molecule has 0 saturated carbocycles. The summed E-state index contributed by atoms with van der Waals surface area (Å²) in [7, 11) is 4.48. The van der Waals surface area contributed by atoms with E-state index in [0.717, 1.165) is 39.3 Å². The number of fused-ring (bicyclic) bond motifs is 1. The van der Waals surface area contributed by atoms with Crippen LogP contribution >= 0.6 is 0 Å². The fourth-order valence-corrected chi connectivity index (χ4v) is 4.63. The maximum atomic E-state index is 4.92. The van der Waals surface area contributed by atoms with Crippen molar-refractivity contribution in [1.82, 2.24) is 24.5 Å². The lowest BCUT2D eigenvalue weighted by molar-refractivity contribution is 0.188. The molecule has 0 radical (unpaired) electrons. The molecule has 0 amide bonds. The summed E-state index contributed by atoms with van der Waals surface area (Å²) in [5.41, 5.74) is 4.47. The van der Waals surface area contributed by atoms with E-state index >= 15 is 0 Å². The molecule has 1 atom stereocenters. The summed E-state index contributed by atoms with van der Waals surface area (Å²) in [5.74, 6) is 0. The Morgan fingerprint density at radius 3 is 2.85 bits per heavy atom. The Bertz CT molecular complexity index is 634. The van der Waals surface area contributed by atoms with E-state index in [1.54, 1.807) is 0 Å². The van der Waals surface area contributed by atoms with Gasteiger partial charge in [-0.2, -0.15) is 5.10 Å². The minimum Gasteiger partial charge on any atom is -0.306 e. The largest absolute Gasteiger partial charge is 0.306 e. The monoisotopic (exact) mass is 359 g/mol. The molecule has 5 heteroatoms. The summed E-state index contributed by atoms with van der Waals surface area (Å²) in [6.45, 7) is 15.6. The van der Waals surface area contributed by atoms with Gasteiger partial charge in [0.25, 0.3) is 0 Å². The van der Waals surface area contributed by atoms with Gasteiger partial charge < -0.3 is 4.90 Å². The lowest BCUT2D eigenvalue weighted by Crippen LogP contribution is -2.35. The van der Waals surface area contributed by atoms with Crippen molar-refractivity contribution in [3.05, 3.63) is 29.1 Å². The second-order valence-electron chi connectivity index (χ2n) is 9.02. The lowest BCUT2D eigenvalue weighted by atomic mass is 9.89. The fourth-order valence-electron chi connectivity index (χ4n) is 4.63. The molecule has 3 rings (SSSR count). The molecule has 0 bridgehead atoms. The van der Waals surface area contributed by atoms with Crippen LogP contribution in [-0.2, 0) is 19.6 Å². The van der Waals surface area contributed by atoms with Gasteiger partial charge in [0.1, 0.15) is 0 Å². The molecule has 0 aromatic carbocycles. The number of allylic oxidation sites excluding steroid dienone is 1. The van der Waals surface area contributed by atoms with Crippen LogP contribution in [0, 0.1) is 5.41 Å². The van der Waals surface area contributed by atoms with Crippen LogP contribution in [0.1, 0.15) is 45.0 Å². The Morgan fingerprint density at radius 2 is 2.15 bits per heavy atom. The normalized spacial score (nSPS) is 25.7. The SMILES string of the molecule is C/C=C(\C)CN1CCCn2nc(CN(C)CC3(C)CCN(C)C3)cc2C1. The number of likely N-dealkylation sites (tertiary alicyclic amines) is 1. The van der Waals surface area contributed by atoms with E-state index in [0.29, 0.717) is 5.41 Å². The lowest BCUT2D eigenvalue weighted by Gasteiger charge is -2.29. The molecular formula is C21H37N5. The molecule has 2 aliphatic heterocycles. The Kier molecular flexibility index (Phi) is 6.21. The van der Waals surface area contributed by atoms with Gasteiger partial charge in [0.15, 0.2) is 0 Å². The van der Waals surface area contributed by atoms with Crippen LogP contribution in [-0.4, -0.2) is 71.3 Å². The number of hydrogen-bond acceptors (Lipinski definition) is 4. The summed E-state index contributed by atoms with van der Waals surface area (Å²) < 4.78 is 2.25. The van der Waals surface area contributed by atoms with E-state index in [4.69, 9.17) is 5.10 Å². The van der Waals surface area contributed by atoms with Crippen molar-refractivity contribution in [1.29, 1.82) is 0 Å². The third-order valence-electron chi connectivity index (χ3n) is 5.94. The van der Waals surface area contributed by atoms with Crippen LogP contribution in [0.4, 0.5) is 0 Å². The van der Waals surface area contributed by atoms with Crippen molar-refractivity contribution >= 4 is 0 Å². The van der Waals surface area contributed by atoms with Gasteiger partial charge in [-0.1, -0.05) is 18.6 Å². The summed E-state index contributed by atoms with van der Waals surface area (Å²) in [4.78, 5) is 7.47. The summed E-state index contributed by atoms with van der Waals surface area (Å²) in [5, 5.41) is 4.92. The molecule has 1 unspecified atom stereocenters. The first-order chi connectivity index (χ1) is 12.4. The summed E-state index contributed by atoms with van der Waals surface area (Å²) in [6, 6.07) is 2.34. The number of rotatable bonds is 6. The molecule has 1 fully saturated rings. The predicted molar refractivity (Wildman–Crippen MR) is 108 cm³/mol. The molecular weight excluding hydrogens is 322 g/mol. The minimum absolute atomic E-state index is 0.418. The van der Waals surface area contributed by atoms with Crippen molar-refractivity contribution < 1.29 is 0 Å². The molecule has 0 N–H and O–H groups in total. The van der Waals surface area contributed by atoms with Crippen LogP contribution in [0.3, 0.4) is 0 Å². The van der Waals surface area contributed by atoms with Gasteiger partial charge in [-0.3, -0.25) is 14.5 Å². The van der Waals surface area contributed by atoms with E-state index in [2.05, 4.69) is 66.4 Å². The molecule has 3 heterocycles. The Morgan fingerprint density at radius 1 is 1.35 bits per heavy atom. The minimum atomic E-state index is 0.418. The second-order valence-corrected chi connectivity index (χ2v) is 9.02. The van der Waals surface area contributed by atoms with E-state index in [1.165, 1.54) is 42.9 Å². The second kappa shape index (κ2) is 8.24. The molecule has 26 heavy (non-hydrogen) atoms. The highest BCUT2D eigenvalue weighted by Crippen LogP contribution is 2.30. The van der Waals surface area contributed by atoms with E-state index in [9.17, 15) is 0 Å². The van der Waals surface area contributed by atoms with Crippen molar-refractivity contribution in [2.45, 2.75) is 53.2 Å². The van der Waals surface area contributed by atoms with Crippen molar-refractivity contribution in [3.63, 3.8) is 0 Å². The maximum absolute atomic E-state index is 4.92. The van der Waals surface area contributed by atoms with Gasteiger partial charge in [0.05, 0.1) is 11.4 Å². The summed E-state index contributed by atoms with van der Waals surface area (Å²) >= 11 is 0. The predicted octanol–water partition coefficient (Wildman–Crippen LogP) is 2.83. The van der Waals surface area contributed by atoms with Crippen molar-refractivity contribution in [3.8, 4) is 0 Å². The zero-order valence-corrected chi connectivity index (χ0v) is 17.5. The van der Waals surface area contributed by atoms with Gasteiger partial charge in [-0.05, 0) is 58.8 Å². The Labute approximate surface area is 159 Å². The molecule has 1 aromatic rings. The van der Waals surface area contributed by atoms with Crippen molar-refractivity contribution in [2.24, 2.45) is 5.41 Å². The highest BCUT2D eigenvalue weighted by molar-refractivity contribution is 5.12. The maximum Gasteiger partial charge on any atom is 0.0768 e. The van der Waals surface area contributed by atoms with Crippen LogP contribution < -0.4 is 0 Å². The van der Waals surface area contributed by atoms with Crippen molar-refractivity contribution in [2.75, 3.05) is 46.8 Å². The van der Waals surface area contributed by atoms with E-state index < -0.39 is 0 Å². The number of aryl methyl sites for hydroxylation is 1. The first-order valence-corrected chi connectivity index (χ1v) is 10.1. The van der Waals surface area contributed by atoms with Gasteiger partial charge in [-0.15, -0.1) is 0 Å². The highest BCUT2D eigenvalue weighted by Gasteiger charge is 2.33. The molecule has 146 valence electrons. The average molecular weight is 360 g/mol. The van der Waals surface area contributed by atoms with Crippen LogP contribution in [0.2, 0.25) is 0 Å². The Hall–Kier alpha value is -1.17. The standard InChI is InChI=1S/C21H37N5/c1-6-18(2)13-25-9-7-10-26-20(15-25)12-19(22-26)14-24(5)17-21(3)8-11-23(4)16-21/h6,12H,7-11,13-17H2,1-5H3/b18-6+. The number of hydrogen-bond donors (Lipinski definition) is 0. The molecule has 5 nitrogen and oxygen atoms in total. The third kappa shape index (κ3) is 4.96. The molecule has 0 aliphatic carbocycles. The third-order valence-corrected chi connectivity index (χ3v) is 5.94. The molecule has 1 aromatic heterocycles. The topological polar surface area (TPSA) is 27.5 Å². The molecule has 0 spiro atoms. The first-order valence-electron chi connectivity index (χ1n) is 10.1. The highest BCUT2D eigenvalue weighted by atomic mass is 15.3. The Balaban J connectivity index is 1.60. The van der Waals surface area contributed by atoms with E-state index in [-0.39, 0.29) is 0 Å². The van der Waals surface area contributed by atoms with Gasteiger partial charge in [-0.25, -0.2) is 0 Å². The average Bonchev–Trinajstić information content (AvgIpc) is 3.03. The van der Waals surface area contributed by atoms with Gasteiger partial charge in [0, 0.05) is 45.8 Å². The first kappa shape index (κ1) is 19.6. The van der Waals surface area contributed by atoms with Crippen LogP contribution in [0.5, 0.6) is 0 Å². The molecule has 1 saturated heterocycles.